The first-order valence-electron chi connectivity index (χ1n) is 6.33. The quantitative estimate of drug-likeness (QED) is 0.843. The molecule has 1 atom stereocenters. The standard InChI is InChI=1S/C14H16ClNO3/c15-11-5-3-10(4-6-11)13(17)9-12(14(18)19)16-7-1-2-8-16/h3-6,12H,1-2,7-9H2,(H,18,19)/t12-/m1/s1. The zero-order valence-electron chi connectivity index (χ0n) is 10.5. The van der Waals surface area contributed by atoms with E-state index in [2.05, 4.69) is 0 Å². The summed E-state index contributed by atoms with van der Waals surface area (Å²) in [6.07, 6.45) is 2.01. The van der Waals surface area contributed by atoms with E-state index in [1.807, 2.05) is 4.90 Å². The second kappa shape index (κ2) is 6.17. The summed E-state index contributed by atoms with van der Waals surface area (Å²) in [4.78, 5) is 25.3. The van der Waals surface area contributed by atoms with Crippen LogP contribution in [-0.4, -0.2) is 40.9 Å². The minimum atomic E-state index is -0.927. The summed E-state index contributed by atoms with van der Waals surface area (Å²) in [5, 5.41) is 9.82. The lowest BCUT2D eigenvalue weighted by atomic mass is 10.0. The van der Waals surface area contributed by atoms with Crippen LogP contribution in [0.15, 0.2) is 24.3 Å². The number of nitrogens with zero attached hydrogens (tertiary/aromatic N) is 1. The molecule has 1 fully saturated rings. The van der Waals surface area contributed by atoms with Crippen molar-refractivity contribution in [1.82, 2.24) is 4.90 Å². The summed E-state index contributed by atoms with van der Waals surface area (Å²) >= 11 is 5.76. The Kier molecular flexibility index (Phi) is 4.56. The summed E-state index contributed by atoms with van der Waals surface area (Å²) in [7, 11) is 0. The molecule has 0 spiro atoms. The molecule has 1 aliphatic heterocycles. The molecule has 102 valence electrons. The Bertz CT molecular complexity index is 466. The number of halogens is 1. The van der Waals surface area contributed by atoms with Crippen LogP contribution in [0.5, 0.6) is 0 Å². The van der Waals surface area contributed by atoms with Crippen molar-refractivity contribution in [2.45, 2.75) is 25.3 Å². The Hall–Kier alpha value is -1.39. The Labute approximate surface area is 117 Å². The van der Waals surface area contributed by atoms with Gasteiger partial charge in [-0.15, -0.1) is 0 Å². The van der Waals surface area contributed by atoms with Crippen LogP contribution < -0.4 is 0 Å². The van der Waals surface area contributed by atoms with Gasteiger partial charge in [0.25, 0.3) is 0 Å². The molecule has 5 heteroatoms. The van der Waals surface area contributed by atoms with E-state index < -0.39 is 12.0 Å². The van der Waals surface area contributed by atoms with Gasteiger partial charge in [-0.25, -0.2) is 0 Å². The van der Waals surface area contributed by atoms with Crippen LogP contribution in [-0.2, 0) is 4.79 Å². The number of Topliss-reactive ketones (excluding diaryl/α,β-unsaturated/α-hetero) is 1. The van der Waals surface area contributed by atoms with E-state index in [1.54, 1.807) is 24.3 Å². The average Bonchev–Trinajstić information content (AvgIpc) is 2.89. The number of rotatable bonds is 5. The number of likely N-dealkylation sites (tertiary alicyclic amines) is 1. The number of ketones is 1. The van der Waals surface area contributed by atoms with Crippen LogP contribution in [0.1, 0.15) is 29.6 Å². The molecule has 0 radical (unpaired) electrons. The second-order valence-electron chi connectivity index (χ2n) is 4.73. The SMILES string of the molecule is O=C(C[C@H](C(=O)O)N1CCCC1)c1ccc(Cl)cc1. The number of carboxylic acid groups (broad SMARTS) is 1. The third kappa shape index (κ3) is 3.55. The predicted octanol–water partition coefficient (Wildman–Crippen LogP) is 2.46. The number of carboxylic acids is 1. The number of hydrogen-bond donors (Lipinski definition) is 1. The van der Waals surface area contributed by atoms with Gasteiger partial charge in [-0.05, 0) is 50.2 Å². The van der Waals surface area contributed by atoms with E-state index in [0.29, 0.717) is 10.6 Å². The van der Waals surface area contributed by atoms with Crippen LogP contribution in [0.2, 0.25) is 5.02 Å². The monoisotopic (exact) mass is 281 g/mol. The molecular formula is C14H16ClNO3. The molecule has 0 aromatic heterocycles. The molecule has 1 aromatic carbocycles. The maximum atomic E-state index is 12.1. The molecule has 1 aromatic rings. The molecule has 0 bridgehead atoms. The first kappa shape index (κ1) is 14.0. The first-order valence-corrected chi connectivity index (χ1v) is 6.71. The van der Waals surface area contributed by atoms with Crippen LogP contribution in [0.25, 0.3) is 0 Å². The van der Waals surface area contributed by atoms with Gasteiger partial charge >= 0.3 is 5.97 Å². The third-order valence-corrected chi connectivity index (χ3v) is 3.66. The van der Waals surface area contributed by atoms with E-state index in [4.69, 9.17) is 11.6 Å². The highest BCUT2D eigenvalue weighted by Gasteiger charge is 2.30. The van der Waals surface area contributed by atoms with E-state index >= 15 is 0 Å². The number of carbonyl (C=O) groups is 2. The fraction of sp³-hybridized carbons (Fsp3) is 0.429. The first-order chi connectivity index (χ1) is 9.08. The van der Waals surface area contributed by atoms with Crippen LogP contribution in [0.4, 0.5) is 0 Å². The summed E-state index contributed by atoms with van der Waals surface area (Å²) in [6.45, 7) is 1.51. The minimum Gasteiger partial charge on any atom is -0.480 e. The predicted molar refractivity (Wildman–Crippen MR) is 72.6 cm³/mol. The maximum absolute atomic E-state index is 12.1. The number of benzene rings is 1. The molecule has 0 aliphatic carbocycles. The normalized spacial score (nSPS) is 17.3. The van der Waals surface area contributed by atoms with E-state index in [-0.39, 0.29) is 12.2 Å². The molecule has 19 heavy (non-hydrogen) atoms. The minimum absolute atomic E-state index is 0.0109. The van der Waals surface area contributed by atoms with Crippen LogP contribution in [0, 0.1) is 0 Å². The van der Waals surface area contributed by atoms with Gasteiger partial charge in [-0.2, -0.15) is 0 Å². The van der Waals surface area contributed by atoms with Crippen molar-refractivity contribution < 1.29 is 14.7 Å². The Morgan fingerprint density at radius 2 is 1.79 bits per heavy atom. The molecule has 0 unspecified atom stereocenters. The van der Waals surface area contributed by atoms with Gasteiger partial charge in [-0.3, -0.25) is 14.5 Å². The molecule has 1 heterocycles. The van der Waals surface area contributed by atoms with E-state index in [9.17, 15) is 14.7 Å². The molecular weight excluding hydrogens is 266 g/mol. The molecule has 0 amide bonds. The van der Waals surface area contributed by atoms with Crippen molar-refractivity contribution in [2.75, 3.05) is 13.1 Å². The molecule has 2 rings (SSSR count). The molecule has 1 aliphatic rings. The fourth-order valence-electron chi connectivity index (χ4n) is 2.36. The van der Waals surface area contributed by atoms with Gasteiger partial charge in [0.05, 0.1) is 0 Å². The van der Waals surface area contributed by atoms with Gasteiger partial charge < -0.3 is 5.11 Å². The fourth-order valence-corrected chi connectivity index (χ4v) is 2.48. The van der Waals surface area contributed by atoms with Crippen molar-refractivity contribution in [3.05, 3.63) is 34.9 Å². The van der Waals surface area contributed by atoms with Gasteiger partial charge in [0, 0.05) is 17.0 Å². The van der Waals surface area contributed by atoms with Gasteiger partial charge in [0.1, 0.15) is 6.04 Å². The Balaban J connectivity index is 2.06. The Morgan fingerprint density at radius 3 is 2.32 bits per heavy atom. The van der Waals surface area contributed by atoms with Gasteiger partial charge in [0.15, 0.2) is 5.78 Å². The largest absolute Gasteiger partial charge is 0.480 e. The average molecular weight is 282 g/mol. The number of aliphatic carboxylic acids is 1. The zero-order valence-corrected chi connectivity index (χ0v) is 11.3. The topological polar surface area (TPSA) is 57.6 Å². The van der Waals surface area contributed by atoms with Crippen LogP contribution in [0.3, 0.4) is 0 Å². The zero-order chi connectivity index (χ0) is 13.8. The third-order valence-electron chi connectivity index (χ3n) is 3.41. The summed E-state index contributed by atoms with van der Waals surface area (Å²) in [5.41, 5.74) is 0.509. The maximum Gasteiger partial charge on any atom is 0.321 e. The lowest BCUT2D eigenvalue weighted by Crippen LogP contribution is -2.40. The lowest BCUT2D eigenvalue weighted by Gasteiger charge is -2.22. The molecule has 4 nitrogen and oxygen atoms in total. The Morgan fingerprint density at radius 1 is 1.21 bits per heavy atom. The summed E-state index contributed by atoms with van der Waals surface area (Å²) < 4.78 is 0. The smallest absolute Gasteiger partial charge is 0.321 e. The molecule has 1 saturated heterocycles. The van der Waals surface area contributed by atoms with Crippen molar-refractivity contribution >= 4 is 23.4 Å². The van der Waals surface area contributed by atoms with Gasteiger partial charge in [-0.1, -0.05) is 11.6 Å². The van der Waals surface area contributed by atoms with Crippen molar-refractivity contribution in [3.8, 4) is 0 Å². The summed E-state index contributed by atoms with van der Waals surface area (Å²) in [5.74, 6) is -1.08. The molecule has 1 N–H and O–H groups in total. The van der Waals surface area contributed by atoms with Crippen molar-refractivity contribution in [1.29, 1.82) is 0 Å². The second-order valence-corrected chi connectivity index (χ2v) is 5.17. The van der Waals surface area contributed by atoms with E-state index in [1.165, 1.54) is 0 Å². The molecule has 0 saturated carbocycles. The number of hydrogen-bond acceptors (Lipinski definition) is 3. The highest BCUT2D eigenvalue weighted by Crippen LogP contribution is 2.18. The van der Waals surface area contributed by atoms with Gasteiger partial charge in [0.2, 0.25) is 0 Å². The van der Waals surface area contributed by atoms with Crippen molar-refractivity contribution in [2.24, 2.45) is 0 Å². The summed E-state index contributed by atoms with van der Waals surface area (Å²) in [6, 6.07) is 5.83. The highest BCUT2D eigenvalue weighted by atomic mass is 35.5. The van der Waals surface area contributed by atoms with E-state index in [0.717, 1.165) is 25.9 Å². The van der Waals surface area contributed by atoms with Crippen LogP contribution >= 0.6 is 11.6 Å². The number of carbonyl (C=O) groups excluding carboxylic acids is 1. The lowest BCUT2D eigenvalue weighted by molar-refractivity contribution is -0.142. The highest BCUT2D eigenvalue weighted by molar-refractivity contribution is 6.30. The van der Waals surface area contributed by atoms with Crippen molar-refractivity contribution in [3.63, 3.8) is 0 Å².